The first kappa shape index (κ1) is 21.5. The Balaban J connectivity index is 1.28. The van der Waals surface area contributed by atoms with Crippen LogP contribution in [0.1, 0.15) is 18.4 Å². The van der Waals surface area contributed by atoms with E-state index in [2.05, 4.69) is 20.7 Å². The number of rotatable bonds is 7. The average molecular weight is 448 g/mol. The van der Waals surface area contributed by atoms with E-state index in [0.717, 1.165) is 5.56 Å². The number of nitrogens with zero attached hydrogens (tertiary/aromatic N) is 6. The minimum atomic E-state index is -0.516. The van der Waals surface area contributed by atoms with Crippen LogP contribution in [-0.2, 0) is 16.1 Å². The van der Waals surface area contributed by atoms with Gasteiger partial charge in [0.2, 0.25) is 17.6 Å². The Morgan fingerprint density at radius 2 is 1.94 bits per heavy atom. The molecule has 1 aliphatic rings. The fourth-order valence-electron chi connectivity index (χ4n) is 3.32. The summed E-state index contributed by atoms with van der Waals surface area (Å²) in [6.07, 6.45) is 0.845. The van der Waals surface area contributed by atoms with E-state index in [1.165, 1.54) is 4.80 Å². The molecule has 1 saturated heterocycles. The molecule has 3 aromatic rings. The second kappa shape index (κ2) is 10.1. The number of nitriles is 1. The van der Waals surface area contributed by atoms with Gasteiger partial charge in [0.25, 0.3) is 0 Å². The van der Waals surface area contributed by atoms with Crippen molar-refractivity contribution in [1.29, 1.82) is 5.26 Å². The van der Waals surface area contributed by atoms with Crippen LogP contribution < -0.4 is 5.32 Å². The zero-order valence-corrected chi connectivity index (χ0v) is 18.0. The van der Waals surface area contributed by atoms with Crippen LogP contribution in [0.25, 0.3) is 11.4 Å². The van der Waals surface area contributed by atoms with Crippen molar-refractivity contribution in [2.45, 2.75) is 25.4 Å². The normalized spacial score (nSPS) is 15.3. The van der Waals surface area contributed by atoms with Gasteiger partial charge in [-0.2, -0.15) is 10.1 Å². The molecule has 4 rings (SSSR count). The quantitative estimate of drug-likeness (QED) is 0.591. The molecule has 0 saturated carbocycles. The van der Waals surface area contributed by atoms with Gasteiger partial charge in [-0.15, -0.1) is 22.0 Å². The fraction of sp³-hybridized carbons (Fsp3) is 0.273. The van der Waals surface area contributed by atoms with E-state index in [0.29, 0.717) is 48.1 Å². The standard InChI is InChI=1S/C22H21N7O2S/c23-13-16-8-10-18(11-9-16)24-22(31)19-14-32-15-28(19)20(30)7-4-12-29-26-21(25-27-29)17-5-2-1-3-6-17/h1-3,5-6,8-11,19H,4,7,12,14-15H2,(H,24,31). The van der Waals surface area contributed by atoms with E-state index < -0.39 is 6.04 Å². The topological polar surface area (TPSA) is 117 Å². The van der Waals surface area contributed by atoms with Crippen molar-refractivity contribution >= 4 is 29.3 Å². The third-order valence-corrected chi connectivity index (χ3v) is 6.03. The summed E-state index contributed by atoms with van der Waals surface area (Å²) in [4.78, 5) is 28.6. The maximum absolute atomic E-state index is 12.7. The molecule has 1 atom stereocenters. The number of anilines is 1. The minimum Gasteiger partial charge on any atom is -0.324 e. The molecule has 1 N–H and O–H groups in total. The largest absolute Gasteiger partial charge is 0.324 e. The molecule has 32 heavy (non-hydrogen) atoms. The molecule has 162 valence electrons. The lowest BCUT2D eigenvalue weighted by Crippen LogP contribution is -2.44. The highest BCUT2D eigenvalue weighted by atomic mass is 32.2. The van der Waals surface area contributed by atoms with Gasteiger partial charge >= 0.3 is 0 Å². The molecule has 1 aromatic heterocycles. The molecule has 1 fully saturated rings. The van der Waals surface area contributed by atoms with E-state index in [1.807, 2.05) is 36.4 Å². The number of thioether (sulfide) groups is 1. The predicted octanol–water partition coefficient (Wildman–Crippen LogP) is 2.53. The smallest absolute Gasteiger partial charge is 0.248 e. The molecule has 0 radical (unpaired) electrons. The number of aryl methyl sites for hydroxylation is 1. The van der Waals surface area contributed by atoms with Crippen molar-refractivity contribution in [3.63, 3.8) is 0 Å². The van der Waals surface area contributed by atoms with Gasteiger partial charge in [-0.1, -0.05) is 30.3 Å². The Morgan fingerprint density at radius 3 is 2.69 bits per heavy atom. The number of amides is 2. The zero-order chi connectivity index (χ0) is 22.3. The monoisotopic (exact) mass is 447 g/mol. The van der Waals surface area contributed by atoms with Crippen LogP contribution in [0.15, 0.2) is 54.6 Å². The van der Waals surface area contributed by atoms with Gasteiger partial charge < -0.3 is 10.2 Å². The number of carbonyl (C=O) groups excluding carboxylic acids is 2. The summed E-state index contributed by atoms with van der Waals surface area (Å²) in [5.41, 5.74) is 2.01. The summed E-state index contributed by atoms with van der Waals surface area (Å²) < 4.78 is 0. The lowest BCUT2D eigenvalue weighted by atomic mass is 10.2. The lowest BCUT2D eigenvalue weighted by Gasteiger charge is -2.23. The molecule has 1 unspecified atom stereocenters. The summed E-state index contributed by atoms with van der Waals surface area (Å²) >= 11 is 1.56. The number of hydrogen-bond acceptors (Lipinski definition) is 7. The van der Waals surface area contributed by atoms with Crippen molar-refractivity contribution in [1.82, 2.24) is 25.1 Å². The molecule has 0 aliphatic carbocycles. The number of nitrogens with one attached hydrogen (secondary N) is 1. The number of hydrogen-bond donors (Lipinski definition) is 1. The maximum Gasteiger partial charge on any atom is 0.248 e. The van der Waals surface area contributed by atoms with E-state index in [9.17, 15) is 9.59 Å². The van der Waals surface area contributed by atoms with Gasteiger partial charge in [0.15, 0.2) is 0 Å². The van der Waals surface area contributed by atoms with Crippen LogP contribution in [0.5, 0.6) is 0 Å². The van der Waals surface area contributed by atoms with Crippen molar-refractivity contribution in [3.8, 4) is 17.5 Å². The second-order valence-electron chi connectivity index (χ2n) is 7.24. The van der Waals surface area contributed by atoms with Gasteiger partial charge in [0.1, 0.15) is 6.04 Å². The molecule has 0 spiro atoms. The van der Waals surface area contributed by atoms with Crippen molar-refractivity contribution < 1.29 is 9.59 Å². The number of tetrazole rings is 1. The molecule has 1 aliphatic heterocycles. The third kappa shape index (κ3) is 5.12. The van der Waals surface area contributed by atoms with Gasteiger partial charge in [0.05, 0.1) is 24.1 Å². The zero-order valence-electron chi connectivity index (χ0n) is 17.2. The van der Waals surface area contributed by atoms with Crippen LogP contribution >= 0.6 is 11.8 Å². The summed E-state index contributed by atoms with van der Waals surface area (Å²) in [6.45, 7) is 0.467. The third-order valence-electron chi connectivity index (χ3n) is 5.02. The first-order chi connectivity index (χ1) is 15.6. The first-order valence-corrected chi connectivity index (χ1v) is 11.3. The second-order valence-corrected chi connectivity index (χ2v) is 8.24. The molecule has 2 amide bonds. The molecule has 2 aromatic carbocycles. The molecule has 0 bridgehead atoms. The van der Waals surface area contributed by atoms with Gasteiger partial charge in [-0.25, -0.2) is 0 Å². The SMILES string of the molecule is N#Cc1ccc(NC(=O)C2CSCN2C(=O)CCCn2nnc(-c3ccccc3)n2)cc1. The van der Waals surface area contributed by atoms with Gasteiger partial charge in [0, 0.05) is 23.4 Å². The number of aromatic nitrogens is 4. The van der Waals surface area contributed by atoms with Crippen molar-refractivity contribution in [3.05, 3.63) is 60.2 Å². The van der Waals surface area contributed by atoms with Crippen LogP contribution in [0.2, 0.25) is 0 Å². The Bertz CT molecular complexity index is 1130. The number of carbonyl (C=O) groups is 2. The summed E-state index contributed by atoms with van der Waals surface area (Å²) in [5, 5.41) is 24.2. The molecular formula is C22H21N7O2S. The van der Waals surface area contributed by atoms with Gasteiger partial charge in [-0.05, 0) is 35.9 Å². The highest BCUT2D eigenvalue weighted by Gasteiger charge is 2.34. The minimum absolute atomic E-state index is 0.0709. The van der Waals surface area contributed by atoms with Crippen LogP contribution in [0.4, 0.5) is 5.69 Å². The van der Waals surface area contributed by atoms with Crippen LogP contribution in [-0.4, -0.2) is 54.6 Å². The van der Waals surface area contributed by atoms with E-state index in [1.54, 1.807) is 40.9 Å². The Kier molecular flexibility index (Phi) is 6.77. The predicted molar refractivity (Wildman–Crippen MR) is 120 cm³/mol. The maximum atomic E-state index is 12.7. The molecule has 9 nitrogen and oxygen atoms in total. The first-order valence-electron chi connectivity index (χ1n) is 10.2. The van der Waals surface area contributed by atoms with Crippen molar-refractivity contribution in [2.75, 3.05) is 16.9 Å². The van der Waals surface area contributed by atoms with E-state index >= 15 is 0 Å². The molecule has 2 heterocycles. The summed E-state index contributed by atoms with van der Waals surface area (Å²) in [5.74, 6) is 1.30. The highest BCUT2D eigenvalue weighted by molar-refractivity contribution is 7.99. The lowest BCUT2D eigenvalue weighted by molar-refractivity contribution is -0.136. The Labute approximate surface area is 189 Å². The van der Waals surface area contributed by atoms with Crippen molar-refractivity contribution in [2.24, 2.45) is 0 Å². The Morgan fingerprint density at radius 1 is 1.16 bits per heavy atom. The van der Waals surface area contributed by atoms with Gasteiger partial charge in [-0.3, -0.25) is 9.59 Å². The summed E-state index contributed by atoms with van der Waals surface area (Å²) in [6, 6.07) is 17.8. The van der Waals surface area contributed by atoms with E-state index in [4.69, 9.17) is 5.26 Å². The average Bonchev–Trinajstić information content (AvgIpc) is 3.50. The molecule has 10 heteroatoms. The van der Waals surface area contributed by atoms with E-state index in [-0.39, 0.29) is 11.8 Å². The summed E-state index contributed by atoms with van der Waals surface area (Å²) in [7, 11) is 0. The fourth-order valence-corrected chi connectivity index (χ4v) is 4.50. The highest BCUT2D eigenvalue weighted by Crippen LogP contribution is 2.23. The molecular weight excluding hydrogens is 426 g/mol. The van der Waals surface area contributed by atoms with Crippen LogP contribution in [0.3, 0.4) is 0 Å². The van der Waals surface area contributed by atoms with Crippen LogP contribution in [0, 0.1) is 11.3 Å². The Hall–Kier alpha value is -3.71. The number of benzene rings is 2.